The maximum Gasteiger partial charge on any atom is 0.242 e. The third-order valence-corrected chi connectivity index (χ3v) is 6.63. The minimum atomic E-state index is -3.89. The summed E-state index contributed by atoms with van der Waals surface area (Å²) in [6.45, 7) is 4.92. The number of fused-ring (bicyclic) bond motifs is 1. The predicted octanol–water partition coefficient (Wildman–Crippen LogP) is 3.24. The fourth-order valence-electron chi connectivity index (χ4n) is 3.36. The number of benzene rings is 2. The number of carbonyl (C=O) groups is 1. The van der Waals surface area contributed by atoms with Crippen LogP contribution in [0.5, 0.6) is 5.75 Å². The average Bonchev–Trinajstić information content (AvgIpc) is 3.18. The van der Waals surface area contributed by atoms with Crippen molar-refractivity contribution in [3.63, 3.8) is 0 Å². The minimum Gasteiger partial charge on any atom is -0.497 e. The number of amides is 1. The molecule has 0 aliphatic heterocycles. The Kier molecular flexibility index (Phi) is 7.55. The van der Waals surface area contributed by atoms with Crippen LogP contribution in [0.25, 0.3) is 10.9 Å². The van der Waals surface area contributed by atoms with E-state index in [9.17, 15) is 13.2 Å². The van der Waals surface area contributed by atoms with Gasteiger partial charge >= 0.3 is 0 Å². The monoisotopic (exact) mass is 459 g/mol. The van der Waals surface area contributed by atoms with Crippen molar-refractivity contribution < 1.29 is 22.7 Å². The fraction of sp³-hybridized carbons (Fsp3) is 0.348. The third-order valence-electron chi connectivity index (χ3n) is 5.18. The number of nitrogens with zero attached hydrogens (tertiary/aromatic N) is 1. The largest absolute Gasteiger partial charge is 0.497 e. The van der Waals surface area contributed by atoms with Crippen molar-refractivity contribution in [2.75, 3.05) is 26.1 Å². The molecule has 2 N–H and O–H groups in total. The molecule has 3 rings (SSSR count). The van der Waals surface area contributed by atoms with Crippen molar-refractivity contribution >= 4 is 32.5 Å². The number of rotatable bonds is 10. The predicted molar refractivity (Wildman–Crippen MR) is 124 cm³/mol. The number of ether oxygens (including phenoxy) is 2. The summed E-state index contributed by atoms with van der Waals surface area (Å²) >= 11 is 0. The van der Waals surface area contributed by atoms with Gasteiger partial charge in [0.05, 0.1) is 18.6 Å². The Morgan fingerprint density at radius 3 is 2.41 bits per heavy atom. The van der Waals surface area contributed by atoms with Crippen LogP contribution >= 0.6 is 0 Å². The zero-order valence-corrected chi connectivity index (χ0v) is 19.5. The lowest BCUT2D eigenvalue weighted by atomic mass is 10.0. The summed E-state index contributed by atoms with van der Waals surface area (Å²) in [4.78, 5) is 13.0. The highest BCUT2D eigenvalue weighted by Crippen LogP contribution is 2.22. The second-order valence-corrected chi connectivity index (χ2v) is 9.50. The van der Waals surface area contributed by atoms with Crippen LogP contribution in [0.1, 0.15) is 13.8 Å². The van der Waals surface area contributed by atoms with Crippen LogP contribution in [0, 0.1) is 5.92 Å². The maximum atomic E-state index is 13.0. The van der Waals surface area contributed by atoms with Gasteiger partial charge in [-0.15, -0.1) is 0 Å². The van der Waals surface area contributed by atoms with Gasteiger partial charge in [0.1, 0.15) is 11.8 Å². The van der Waals surface area contributed by atoms with Crippen LogP contribution in [0.2, 0.25) is 0 Å². The Morgan fingerprint density at radius 2 is 1.78 bits per heavy atom. The third kappa shape index (κ3) is 5.48. The van der Waals surface area contributed by atoms with E-state index >= 15 is 0 Å². The van der Waals surface area contributed by atoms with E-state index in [0.717, 1.165) is 17.4 Å². The Balaban J connectivity index is 1.76. The SMILES string of the molecule is COCCn1ccc2cc(NC(=O)[C@@H](NS(=O)(=O)c3ccc(OC)cc3)C(C)C)ccc21. The summed E-state index contributed by atoms with van der Waals surface area (Å²) < 4.78 is 40.5. The van der Waals surface area contributed by atoms with Crippen molar-refractivity contribution in [3.05, 3.63) is 54.7 Å². The summed E-state index contributed by atoms with van der Waals surface area (Å²) in [5.41, 5.74) is 1.63. The van der Waals surface area contributed by atoms with Gasteiger partial charge in [-0.1, -0.05) is 13.8 Å². The molecular weight excluding hydrogens is 430 g/mol. The van der Waals surface area contributed by atoms with Crippen molar-refractivity contribution in [1.82, 2.24) is 9.29 Å². The Morgan fingerprint density at radius 1 is 1.06 bits per heavy atom. The highest BCUT2D eigenvalue weighted by molar-refractivity contribution is 7.89. The van der Waals surface area contributed by atoms with Crippen LogP contribution in [0.3, 0.4) is 0 Å². The molecule has 1 atom stereocenters. The molecule has 2 aromatic carbocycles. The molecule has 1 heterocycles. The molecule has 8 nitrogen and oxygen atoms in total. The molecule has 0 fully saturated rings. The van der Waals surface area contributed by atoms with Crippen molar-refractivity contribution in [2.24, 2.45) is 5.92 Å². The molecule has 0 saturated heterocycles. The van der Waals surface area contributed by atoms with Crippen LogP contribution in [0.15, 0.2) is 59.6 Å². The molecule has 32 heavy (non-hydrogen) atoms. The van der Waals surface area contributed by atoms with E-state index in [4.69, 9.17) is 9.47 Å². The molecule has 3 aromatic rings. The molecular formula is C23H29N3O5S. The minimum absolute atomic E-state index is 0.0653. The summed E-state index contributed by atoms with van der Waals surface area (Å²) in [5, 5.41) is 3.81. The second-order valence-electron chi connectivity index (χ2n) is 7.78. The lowest BCUT2D eigenvalue weighted by Crippen LogP contribution is -2.47. The zero-order chi connectivity index (χ0) is 23.3. The number of carbonyl (C=O) groups excluding carboxylic acids is 1. The van der Waals surface area contributed by atoms with Gasteiger partial charge in [0.15, 0.2) is 0 Å². The number of hydrogen-bond acceptors (Lipinski definition) is 5. The molecule has 1 amide bonds. The Hall–Kier alpha value is -2.88. The van der Waals surface area contributed by atoms with Gasteiger partial charge in [0.2, 0.25) is 15.9 Å². The number of aromatic nitrogens is 1. The number of anilines is 1. The van der Waals surface area contributed by atoms with E-state index in [2.05, 4.69) is 14.6 Å². The van der Waals surface area contributed by atoms with Crippen molar-refractivity contribution in [1.29, 1.82) is 0 Å². The first-order chi connectivity index (χ1) is 15.2. The first kappa shape index (κ1) is 23.8. The van der Waals surface area contributed by atoms with E-state index in [0.29, 0.717) is 18.0 Å². The fourth-order valence-corrected chi connectivity index (χ4v) is 4.71. The highest BCUT2D eigenvalue weighted by Gasteiger charge is 2.28. The van der Waals surface area contributed by atoms with Crippen LogP contribution in [0.4, 0.5) is 5.69 Å². The molecule has 0 bridgehead atoms. The molecule has 0 saturated carbocycles. The molecule has 0 radical (unpaired) electrons. The van der Waals surface area contributed by atoms with Crippen molar-refractivity contribution in [3.8, 4) is 5.75 Å². The molecule has 0 aliphatic carbocycles. The van der Waals surface area contributed by atoms with Gasteiger partial charge in [-0.05, 0) is 54.4 Å². The van der Waals surface area contributed by atoms with Gasteiger partial charge in [-0.25, -0.2) is 8.42 Å². The zero-order valence-electron chi connectivity index (χ0n) is 18.7. The lowest BCUT2D eigenvalue weighted by Gasteiger charge is -2.22. The van der Waals surface area contributed by atoms with E-state index in [1.165, 1.54) is 19.2 Å². The number of nitrogens with one attached hydrogen (secondary N) is 2. The topological polar surface area (TPSA) is 98.7 Å². The van der Waals surface area contributed by atoms with E-state index in [1.54, 1.807) is 39.2 Å². The van der Waals surface area contributed by atoms with Gasteiger partial charge in [-0.2, -0.15) is 4.72 Å². The Bertz CT molecular complexity index is 1170. The van der Waals surface area contributed by atoms with Crippen molar-refractivity contribution in [2.45, 2.75) is 31.3 Å². The summed E-state index contributed by atoms with van der Waals surface area (Å²) in [7, 11) is -0.722. The molecule has 172 valence electrons. The number of hydrogen-bond donors (Lipinski definition) is 2. The number of methoxy groups -OCH3 is 2. The van der Waals surface area contributed by atoms with E-state index in [-0.39, 0.29) is 10.8 Å². The van der Waals surface area contributed by atoms with Crippen LogP contribution < -0.4 is 14.8 Å². The van der Waals surface area contributed by atoms with E-state index in [1.807, 2.05) is 24.4 Å². The lowest BCUT2D eigenvalue weighted by molar-refractivity contribution is -0.118. The molecule has 9 heteroatoms. The quantitative estimate of drug-likeness (QED) is 0.485. The molecule has 0 aliphatic rings. The first-order valence-electron chi connectivity index (χ1n) is 10.3. The normalized spacial score (nSPS) is 12.8. The highest BCUT2D eigenvalue weighted by atomic mass is 32.2. The molecule has 0 spiro atoms. The molecule has 0 unspecified atom stereocenters. The summed E-state index contributed by atoms with van der Waals surface area (Å²) in [6.07, 6.45) is 1.97. The second kappa shape index (κ2) is 10.2. The standard InChI is InChI=1S/C23H29N3O5S/c1-16(2)22(25-32(28,29)20-8-6-19(31-4)7-9-20)23(27)24-18-5-10-21-17(15-18)11-12-26(21)13-14-30-3/h5-12,15-16,22,25H,13-14H2,1-4H3,(H,24,27)/t22-/m0/s1. The summed E-state index contributed by atoms with van der Waals surface area (Å²) in [5.74, 6) is -0.134. The number of sulfonamides is 1. The summed E-state index contributed by atoms with van der Waals surface area (Å²) in [6, 6.07) is 12.6. The van der Waals surface area contributed by atoms with Crippen LogP contribution in [-0.2, 0) is 26.1 Å². The smallest absolute Gasteiger partial charge is 0.242 e. The van der Waals surface area contributed by atoms with Gasteiger partial charge in [0.25, 0.3) is 0 Å². The van der Waals surface area contributed by atoms with Crippen LogP contribution in [-0.4, -0.2) is 45.8 Å². The van der Waals surface area contributed by atoms with Gasteiger partial charge in [0, 0.05) is 36.4 Å². The van der Waals surface area contributed by atoms with E-state index < -0.39 is 22.0 Å². The molecule has 1 aromatic heterocycles. The first-order valence-corrected chi connectivity index (χ1v) is 11.8. The Labute approximate surface area is 188 Å². The average molecular weight is 460 g/mol. The maximum absolute atomic E-state index is 13.0. The van der Waals surface area contributed by atoms with Gasteiger partial charge in [-0.3, -0.25) is 4.79 Å². The van der Waals surface area contributed by atoms with Gasteiger partial charge < -0.3 is 19.4 Å².